The molecule has 0 aliphatic heterocycles. The van der Waals surface area contributed by atoms with Gasteiger partial charge in [-0.05, 0) is 41.7 Å². The average Bonchev–Trinajstić information content (AvgIpc) is 2.59. The van der Waals surface area contributed by atoms with Gasteiger partial charge in [0.25, 0.3) is 0 Å². The molecule has 0 aliphatic rings. The quantitative estimate of drug-likeness (QED) is 0.406. The fourth-order valence-electron chi connectivity index (χ4n) is 2.39. The van der Waals surface area contributed by atoms with E-state index in [9.17, 15) is 9.90 Å². The van der Waals surface area contributed by atoms with Crippen molar-refractivity contribution in [3.8, 4) is 11.1 Å². The van der Waals surface area contributed by atoms with Gasteiger partial charge in [0.05, 0.1) is 6.10 Å². The van der Waals surface area contributed by atoms with Crippen LogP contribution in [-0.4, -0.2) is 16.2 Å². The maximum atomic E-state index is 10.9. The minimum Gasteiger partial charge on any atom is -0.388 e. The van der Waals surface area contributed by atoms with E-state index in [-0.39, 0.29) is 6.42 Å². The summed E-state index contributed by atoms with van der Waals surface area (Å²) >= 11 is 5.88. The number of unbranched alkanes of at least 4 members (excludes halogenated alkanes) is 1. The number of hydrogen-bond donors (Lipinski definition) is 3. The average molecular weight is 334 g/mol. The molecule has 0 saturated heterocycles. The molecule has 0 fully saturated rings. The number of benzene rings is 2. The first-order valence-corrected chi connectivity index (χ1v) is 7.95. The lowest BCUT2D eigenvalue weighted by Crippen LogP contribution is -2.17. The van der Waals surface area contributed by atoms with Gasteiger partial charge in [0.1, 0.15) is 0 Å². The molecular formula is C18H20ClNO3. The Morgan fingerprint density at radius 2 is 1.57 bits per heavy atom. The minimum atomic E-state index is -0.550. The molecule has 0 heterocycles. The van der Waals surface area contributed by atoms with Gasteiger partial charge >= 0.3 is 0 Å². The highest BCUT2D eigenvalue weighted by molar-refractivity contribution is 6.30. The van der Waals surface area contributed by atoms with Crippen molar-refractivity contribution in [3.05, 3.63) is 59.1 Å². The summed E-state index contributed by atoms with van der Waals surface area (Å²) in [4.78, 5) is 10.9. The fraction of sp³-hybridized carbons (Fsp3) is 0.278. The second-order valence-corrected chi connectivity index (χ2v) is 5.86. The zero-order valence-corrected chi connectivity index (χ0v) is 13.5. The third-order valence-corrected chi connectivity index (χ3v) is 3.98. The summed E-state index contributed by atoms with van der Waals surface area (Å²) in [6.45, 7) is 0. The molecule has 1 atom stereocenters. The Hall–Kier alpha value is -1.88. The Morgan fingerprint density at radius 1 is 1.00 bits per heavy atom. The van der Waals surface area contributed by atoms with Crippen molar-refractivity contribution < 1.29 is 15.1 Å². The number of aliphatic hydroxyl groups is 1. The number of amides is 1. The molecule has 0 bridgehead atoms. The van der Waals surface area contributed by atoms with Crippen LogP contribution in [0.4, 0.5) is 0 Å². The molecule has 23 heavy (non-hydrogen) atoms. The van der Waals surface area contributed by atoms with Crippen molar-refractivity contribution in [2.24, 2.45) is 0 Å². The maximum absolute atomic E-state index is 10.9. The van der Waals surface area contributed by atoms with Crippen LogP contribution in [-0.2, 0) is 4.79 Å². The summed E-state index contributed by atoms with van der Waals surface area (Å²) in [7, 11) is 0. The minimum absolute atomic E-state index is 0.263. The standard InChI is InChI=1S/C18H20ClNO3/c19-16-11-9-14(10-12-16)13-5-7-15(8-6-13)17(21)3-1-2-4-18(22)20-23/h5-12,17,21,23H,1-4H2,(H,20,22). The van der Waals surface area contributed by atoms with Crippen LogP contribution in [0.2, 0.25) is 5.02 Å². The lowest BCUT2D eigenvalue weighted by atomic mass is 9.99. The molecule has 0 aromatic heterocycles. The third kappa shape index (κ3) is 5.36. The van der Waals surface area contributed by atoms with Crippen LogP contribution in [0.15, 0.2) is 48.5 Å². The van der Waals surface area contributed by atoms with Crippen LogP contribution in [0.3, 0.4) is 0 Å². The number of aliphatic hydroxyl groups excluding tert-OH is 1. The molecule has 1 unspecified atom stereocenters. The predicted octanol–water partition coefficient (Wildman–Crippen LogP) is 4.11. The molecule has 5 heteroatoms. The van der Waals surface area contributed by atoms with E-state index in [0.717, 1.165) is 16.7 Å². The largest absolute Gasteiger partial charge is 0.388 e. The van der Waals surface area contributed by atoms with E-state index < -0.39 is 12.0 Å². The number of nitrogens with one attached hydrogen (secondary N) is 1. The van der Waals surface area contributed by atoms with Crippen molar-refractivity contribution >= 4 is 17.5 Å². The SMILES string of the molecule is O=C(CCCCC(O)c1ccc(-c2ccc(Cl)cc2)cc1)NO. The number of rotatable bonds is 7. The molecule has 1 amide bonds. The van der Waals surface area contributed by atoms with Crippen molar-refractivity contribution in [2.45, 2.75) is 31.8 Å². The van der Waals surface area contributed by atoms with Crippen LogP contribution in [0.25, 0.3) is 11.1 Å². The Morgan fingerprint density at radius 3 is 2.13 bits per heavy atom. The molecule has 0 radical (unpaired) electrons. The molecule has 122 valence electrons. The highest BCUT2D eigenvalue weighted by Gasteiger charge is 2.08. The zero-order chi connectivity index (χ0) is 16.7. The Kier molecular flexibility index (Phi) is 6.59. The van der Waals surface area contributed by atoms with E-state index in [1.54, 1.807) is 5.48 Å². The zero-order valence-electron chi connectivity index (χ0n) is 12.7. The van der Waals surface area contributed by atoms with Gasteiger partial charge in [-0.15, -0.1) is 0 Å². The molecule has 0 saturated carbocycles. The second kappa shape index (κ2) is 8.67. The summed E-state index contributed by atoms with van der Waals surface area (Å²) in [6, 6.07) is 15.4. The second-order valence-electron chi connectivity index (χ2n) is 5.43. The Balaban J connectivity index is 1.88. The van der Waals surface area contributed by atoms with Gasteiger partial charge in [0, 0.05) is 11.4 Å². The van der Waals surface area contributed by atoms with Gasteiger partial charge in [-0.1, -0.05) is 54.4 Å². The first kappa shape index (κ1) is 17.5. The summed E-state index contributed by atoms with van der Waals surface area (Å²) in [5.74, 6) is -0.396. The molecule has 3 N–H and O–H groups in total. The van der Waals surface area contributed by atoms with Crippen molar-refractivity contribution in [3.63, 3.8) is 0 Å². The van der Waals surface area contributed by atoms with E-state index in [1.807, 2.05) is 48.5 Å². The topological polar surface area (TPSA) is 69.6 Å². The Labute approximate surface area is 140 Å². The van der Waals surface area contributed by atoms with Gasteiger partial charge in [0.2, 0.25) is 5.91 Å². The van der Waals surface area contributed by atoms with Crippen LogP contribution in [0.1, 0.15) is 37.4 Å². The molecule has 0 spiro atoms. The normalized spacial score (nSPS) is 12.0. The molecule has 4 nitrogen and oxygen atoms in total. The number of carbonyl (C=O) groups is 1. The van der Waals surface area contributed by atoms with Gasteiger partial charge in [-0.25, -0.2) is 5.48 Å². The maximum Gasteiger partial charge on any atom is 0.243 e. The highest BCUT2D eigenvalue weighted by Crippen LogP contribution is 2.25. The molecule has 2 rings (SSSR count). The van der Waals surface area contributed by atoms with Gasteiger partial charge < -0.3 is 5.11 Å². The Bertz CT molecular complexity index is 626. The fourth-order valence-corrected chi connectivity index (χ4v) is 2.51. The molecule has 2 aromatic carbocycles. The lowest BCUT2D eigenvalue weighted by Gasteiger charge is -2.11. The van der Waals surface area contributed by atoms with Gasteiger partial charge in [-0.3, -0.25) is 10.0 Å². The monoisotopic (exact) mass is 333 g/mol. The summed E-state index contributed by atoms with van der Waals surface area (Å²) in [6.07, 6.45) is 1.64. The molecule has 0 aliphatic carbocycles. The first-order chi connectivity index (χ1) is 11.1. The van der Waals surface area contributed by atoms with E-state index >= 15 is 0 Å². The van der Waals surface area contributed by atoms with Crippen LogP contribution < -0.4 is 5.48 Å². The number of hydrogen-bond acceptors (Lipinski definition) is 3. The highest BCUT2D eigenvalue weighted by atomic mass is 35.5. The summed E-state index contributed by atoms with van der Waals surface area (Å²) < 4.78 is 0. The number of carbonyl (C=O) groups excluding carboxylic acids is 1. The van der Waals surface area contributed by atoms with Crippen LogP contribution in [0.5, 0.6) is 0 Å². The number of hydroxylamine groups is 1. The van der Waals surface area contributed by atoms with Crippen molar-refractivity contribution in [1.82, 2.24) is 5.48 Å². The van der Waals surface area contributed by atoms with Gasteiger partial charge in [0.15, 0.2) is 0 Å². The molecule has 2 aromatic rings. The third-order valence-electron chi connectivity index (χ3n) is 3.73. The van der Waals surface area contributed by atoms with E-state index in [2.05, 4.69) is 0 Å². The van der Waals surface area contributed by atoms with Crippen LogP contribution in [0, 0.1) is 0 Å². The van der Waals surface area contributed by atoms with Crippen molar-refractivity contribution in [1.29, 1.82) is 0 Å². The van der Waals surface area contributed by atoms with Crippen molar-refractivity contribution in [2.75, 3.05) is 0 Å². The smallest absolute Gasteiger partial charge is 0.243 e. The predicted molar refractivity (Wildman–Crippen MR) is 90.2 cm³/mol. The summed E-state index contributed by atoms with van der Waals surface area (Å²) in [5.41, 5.74) is 4.60. The summed E-state index contributed by atoms with van der Waals surface area (Å²) in [5, 5.41) is 19.3. The van der Waals surface area contributed by atoms with E-state index in [0.29, 0.717) is 24.3 Å². The molecular weight excluding hydrogens is 314 g/mol. The van der Waals surface area contributed by atoms with E-state index in [4.69, 9.17) is 16.8 Å². The van der Waals surface area contributed by atoms with Crippen LogP contribution >= 0.6 is 11.6 Å². The van der Waals surface area contributed by atoms with Gasteiger partial charge in [-0.2, -0.15) is 0 Å². The number of halogens is 1. The van der Waals surface area contributed by atoms with E-state index in [1.165, 1.54) is 0 Å². The lowest BCUT2D eigenvalue weighted by molar-refractivity contribution is -0.129. The first-order valence-electron chi connectivity index (χ1n) is 7.57.